The maximum absolute atomic E-state index is 5.91. The number of thioether (sulfide) groups is 1. The number of hydrogen-bond acceptors (Lipinski definition) is 3. The van der Waals surface area contributed by atoms with Crippen molar-refractivity contribution in [3.8, 4) is 5.69 Å². The number of rotatable bonds is 6. The van der Waals surface area contributed by atoms with Crippen molar-refractivity contribution < 1.29 is 0 Å². The molecule has 0 saturated carbocycles. The van der Waals surface area contributed by atoms with E-state index in [4.69, 9.17) is 5.73 Å². The Bertz CT molecular complexity index is 546. The number of benzene rings is 1. The largest absolute Gasteiger partial charge is 0.326 e. The van der Waals surface area contributed by atoms with Gasteiger partial charge in [0.15, 0.2) is 0 Å². The van der Waals surface area contributed by atoms with Crippen molar-refractivity contribution in [2.45, 2.75) is 38.8 Å². The van der Waals surface area contributed by atoms with E-state index in [9.17, 15) is 0 Å². The van der Waals surface area contributed by atoms with Crippen LogP contribution in [0.4, 0.5) is 0 Å². The van der Waals surface area contributed by atoms with E-state index < -0.39 is 0 Å². The number of para-hydroxylation sites is 1. The average Bonchev–Trinajstić information content (AvgIpc) is 2.75. The van der Waals surface area contributed by atoms with E-state index in [1.807, 2.05) is 41.6 Å². The van der Waals surface area contributed by atoms with Crippen molar-refractivity contribution in [3.63, 3.8) is 0 Å². The van der Waals surface area contributed by atoms with Crippen LogP contribution in [0.5, 0.6) is 0 Å². The van der Waals surface area contributed by atoms with Gasteiger partial charge in [0.05, 0.1) is 11.4 Å². The van der Waals surface area contributed by atoms with E-state index >= 15 is 0 Å². The second-order valence-corrected chi connectivity index (χ2v) is 6.44. The fourth-order valence-electron chi connectivity index (χ4n) is 2.06. The second kappa shape index (κ2) is 6.95. The highest BCUT2D eigenvalue weighted by molar-refractivity contribution is 7.99. The Labute approximate surface area is 125 Å². The van der Waals surface area contributed by atoms with E-state index in [0.717, 1.165) is 23.1 Å². The lowest BCUT2D eigenvalue weighted by molar-refractivity contribution is 0.631. The molecule has 108 valence electrons. The maximum Gasteiger partial charge on any atom is 0.105 e. The summed E-state index contributed by atoms with van der Waals surface area (Å²) in [5.41, 5.74) is 9.21. The van der Waals surface area contributed by atoms with Crippen molar-refractivity contribution in [3.05, 3.63) is 41.6 Å². The SMILES string of the molecule is Cc1nn(-c2ccccc2)c(SCCC(C)C)c1CN. The summed E-state index contributed by atoms with van der Waals surface area (Å²) in [6, 6.07) is 10.3. The van der Waals surface area contributed by atoms with Crippen LogP contribution in [0.3, 0.4) is 0 Å². The van der Waals surface area contributed by atoms with E-state index in [0.29, 0.717) is 6.54 Å². The molecule has 2 rings (SSSR count). The third-order valence-corrected chi connectivity index (χ3v) is 4.41. The van der Waals surface area contributed by atoms with Crippen LogP contribution in [0.1, 0.15) is 31.5 Å². The van der Waals surface area contributed by atoms with Crippen molar-refractivity contribution in [2.24, 2.45) is 11.7 Å². The van der Waals surface area contributed by atoms with Gasteiger partial charge in [-0.15, -0.1) is 11.8 Å². The molecule has 0 spiro atoms. The molecule has 1 aromatic heterocycles. The van der Waals surface area contributed by atoms with Gasteiger partial charge in [-0.05, 0) is 37.1 Å². The molecule has 0 aliphatic carbocycles. The maximum atomic E-state index is 5.91. The summed E-state index contributed by atoms with van der Waals surface area (Å²) < 4.78 is 2.03. The zero-order valence-electron chi connectivity index (χ0n) is 12.5. The molecule has 1 heterocycles. The van der Waals surface area contributed by atoms with Gasteiger partial charge in [0.1, 0.15) is 5.03 Å². The predicted molar refractivity (Wildman–Crippen MR) is 86.4 cm³/mol. The van der Waals surface area contributed by atoms with Gasteiger partial charge in [0.25, 0.3) is 0 Å². The van der Waals surface area contributed by atoms with E-state index in [1.165, 1.54) is 17.0 Å². The normalized spacial score (nSPS) is 11.2. The number of nitrogens with zero attached hydrogens (tertiary/aromatic N) is 2. The third-order valence-electron chi connectivity index (χ3n) is 3.28. The summed E-state index contributed by atoms with van der Waals surface area (Å²) in [6.45, 7) is 7.09. The Morgan fingerprint density at radius 1 is 1.25 bits per heavy atom. The minimum absolute atomic E-state index is 0.544. The lowest BCUT2D eigenvalue weighted by atomic mass is 10.2. The molecule has 0 unspecified atom stereocenters. The summed E-state index contributed by atoms with van der Waals surface area (Å²) in [7, 11) is 0. The van der Waals surface area contributed by atoms with Crippen molar-refractivity contribution in [1.82, 2.24) is 9.78 Å². The molecule has 2 aromatic rings. The number of aryl methyl sites for hydroxylation is 1. The fourth-order valence-corrected chi connectivity index (χ4v) is 3.51. The van der Waals surface area contributed by atoms with Crippen LogP contribution >= 0.6 is 11.8 Å². The van der Waals surface area contributed by atoms with E-state index in [-0.39, 0.29) is 0 Å². The lowest BCUT2D eigenvalue weighted by Crippen LogP contribution is -2.02. The van der Waals surface area contributed by atoms with E-state index in [2.05, 4.69) is 31.1 Å². The summed E-state index contributed by atoms with van der Waals surface area (Å²) in [6.07, 6.45) is 1.20. The Hall–Kier alpha value is -1.26. The Morgan fingerprint density at radius 3 is 2.55 bits per heavy atom. The van der Waals surface area contributed by atoms with Crippen LogP contribution in [0.25, 0.3) is 5.69 Å². The molecule has 0 aliphatic heterocycles. The molecule has 0 fully saturated rings. The first-order valence-corrected chi connectivity index (χ1v) is 8.08. The highest BCUT2D eigenvalue weighted by Crippen LogP contribution is 2.29. The van der Waals surface area contributed by atoms with Gasteiger partial charge in [-0.3, -0.25) is 0 Å². The molecule has 20 heavy (non-hydrogen) atoms. The monoisotopic (exact) mass is 289 g/mol. The molecule has 0 aliphatic rings. The molecule has 3 nitrogen and oxygen atoms in total. The first-order valence-electron chi connectivity index (χ1n) is 7.10. The fraction of sp³-hybridized carbons (Fsp3) is 0.438. The van der Waals surface area contributed by atoms with Gasteiger partial charge >= 0.3 is 0 Å². The first kappa shape index (κ1) is 15.1. The predicted octanol–water partition coefficient (Wildman–Crippen LogP) is 3.78. The van der Waals surface area contributed by atoms with Crippen molar-refractivity contribution in [2.75, 3.05) is 5.75 Å². The van der Waals surface area contributed by atoms with Gasteiger partial charge in [0, 0.05) is 12.1 Å². The molecule has 0 atom stereocenters. The summed E-state index contributed by atoms with van der Waals surface area (Å²) in [5.74, 6) is 1.82. The van der Waals surface area contributed by atoms with Gasteiger partial charge in [-0.2, -0.15) is 5.10 Å². The quantitative estimate of drug-likeness (QED) is 0.823. The minimum atomic E-state index is 0.544. The lowest BCUT2D eigenvalue weighted by Gasteiger charge is -2.09. The molecule has 4 heteroatoms. The Kier molecular flexibility index (Phi) is 5.26. The summed E-state index contributed by atoms with van der Waals surface area (Å²) >= 11 is 1.86. The smallest absolute Gasteiger partial charge is 0.105 e. The zero-order chi connectivity index (χ0) is 14.5. The topological polar surface area (TPSA) is 43.8 Å². The van der Waals surface area contributed by atoms with Crippen LogP contribution in [-0.4, -0.2) is 15.5 Å². The van der Waals surface area contributed by atoms with Crippen LogP contribution in [-0.2, 0) is 6.54 Å². The highest BCUT2D eigenvalue weighted by Gasteiger charge is 2.15. The zero-order valence-corrected chi connectivity index (χ0v) is 13.3. The number of aromatic nitrogens is 2. The molecular formula is C16H23N3S. The number of nitrogens with two attached hydrogens (primary N) is 1. The molecule has 0 bridgehead atoms. The average molecular weight is 289 g/mol. The second-order valence-electron chi connectivity index (χ2n) is 5.35. The van der Waals surface area contributed by atoms with Gasteiger partial charge in [-0.25, -0.2) is 4.68 Å². The van der Waals surface area contributed by atoms with Gasteiger partial charge < -0.3 is 5.73 Å². The Balaban J connectivity index is 2.31. The third kappa shape index (κ3) is 3.44. The van der Waals surface area contributed by atoms with E-state index in [1.54, 1.807) is 0 Å². The molecule has 2 N–H and O–H groups in total. The van der Waals surface area contributed by atoms with Crippen LogP contribution < -0.4 is 5.73 Å². The molecule has 1 aromatic carbocycles. The summed E-state index contributed by atoms with van der Waals surface area (Å²) in [4.78, 5) is 0. The van der Waals surface area contributed by atoms with Crippen LogP contribution in [0.15, 0.2) is 35.4 Å². The molecular weight excluding hydrogens is 266 g/mol. The van der Waals surface area contributed by atoms with Gasteiger partial charge in [-0.1, -0.05) is 32.0 Å². The Morgan fingerprint density at radius 2 is 1.95 bits per heavy atom. The first-order chi connectivity index (χ1) is 9.63. The molecule has 0 amide bonds. The van der Waals surface area contributed by atoms with Gasteiger partial charge in [0.2, 0.25) is 0 Å². The minimum Gasteiger partial charge on any atom is -0.326 e. The highest BCUT2D eigenvalue weighted by atomic mass is 32.2. The summed E-state index contributed by atoms with van der Waals surface area (Å²) in [5, 5.41) is 5.86. The molecule has 0 radical (unpaired) electrons. The van der Waals surface area contributed by atoms with Crippen LogP contribution in [0, 0.1) is 12.8 Å². The van der Waals surface area contributed by atoms with Crippen LogP contribution in [0.2, 0.25) is 0 Å². The number of hydrogen-bond donors (Lipinski definition) is 1. The van der Waals surface area contributed by atoms with Crippen molar-refractivity contribution >= 4 is 11.8 Å². The standard InChI is InChI=1S/C16H23N3S/c1-12(2)9-10-20-16-15(11-17)13(3)18-19(16)14-7-5-4-6-8-14/h4-8,12H,9-11,17H2,1-3H3. The van der Waals surface area contributed by atoms with Crippen molar-refractivity contribution in [1.29, 1.82) is 0 Å². The molecule has 0 saturated heterocycles.